The smallest absolute Gasteiger partial charge is 0.325 e. The van der Waals surface area contributed by atoms with Gasteiger partial charge in [-0.05, 0) is 19.1 Å². The number of nitrogens with one attached hydrogen (secondary N) is 1. The summed E-state index contributed by atoms with van der Waals surface area (Å²) in [6.07, 6.45) is 0. The maximum atomic E-state index is 11.5. The van der Waals surface area contributed by atoms with Crippen LogP contribution in [0.4, 0.5) is 0 Å². The number of hydrogen-bond acceptors (Lipinski definition) is 5. The summed E-state index contributed by atoms with van der Waals surface area (Å²) >= 11 is 0. The number of nitrogens with zero attached hydrogens (tertiary/aromatic N) is 1. The van der Waals surface area contributed by atoms with Crippen molar-refractivity contribution in [1.82, 2.24) is 5.32 Å². The molecule has 0 aliphatic heterocycles. The highest BCUT2D eigenvalue weighted by Gasteiger charge is 2.15. The molecule has 7 heteroatoms. The molecule has 0 radical (unpaired) electrons. The molecular weight excluding hydrogens is 264 g/mol. The molecule has 2 N–H and O–H groups in total. The molecule has 0 saturated heterocycles. The SMILES string of the molecule is COc1cc(C#N)ccc1OCC(=O)N[C@@H](C)C(=O)O. The number of aliphatic carboxylic acids is 1. The molecule has 1 rings (SSSR count). The molecule has 1 aromatic rings. The summed E-state index contributed by atoms with van der Waals surface area (Å²) in [4.78, 5) is 22.0. The molecule has 1 aromatic carbocycles. The van der Waals surface area contributed by atoms with Gasteiger partial charge in [-0.2, -0.15) is 5.26 Å². The molecule has 20 heavy (non-hydrogen) atoms. The van der Waals surface area contributed by atoms with Crippen molar-refractivity contribution >= 4 is 11.9 Å². The zero-order valence-electron chi connectivity index (χ0n) is 11.0. The topological polar surface area (TPSA) is 109 Å². The molecule has 0 aromatic heterocycles. The van der Waals surface area contributed by atoms with Crippen molar-refractivity contribution in [3.8, 4) is 17.6 Å². The lowest BCUT2D eigenvalue weighted by Gasteiger charge is -2.12. The minimum absolute atomic E-state index is 0.296. The average molecular weight is 278 g/mol. The van der Waals surface area contributed by atoms with E-state index in [1.807, 2.05) is 6.07 Å². The Morgan fingerprint density at radius 2 is 2.15 bits per heavy atom. The van der Waals surface area contributed by atoms with E-state index in [9.17, 15) is 9.59 Å². The number of ether oxygens (including phenoxy) is 2. The Hall–Kier alpha value is -2.75. The highest BCUT2D eigenvalue weighted by molar-refractivity contribution is 5.84. The van der Waals surface area contributed by atoms with Gasteiger partial charge >= 0.3 is 5.97 Å². The Balaban J connectivity index is 2.64. The van der Waals surface area contributed by atoms with Crippen LogP contribution < -0.4 is 14.8 Å². The summed E-state index contributed by atoms with van der Waals surface area (Å²) in [5.74, 6) is -1.08. The van der Waals surface area contributed by atoms with Crippen LogP contribution in [0.3, 0.4) is 0 Å². The van der Waals surface area contributed by atoms with Gasteiger partial charge in [-0.15, -0.1) is 0 Å². The fourth-order valence-electron chi connectivity index (χ4n) is 1.34. The second-order valence-corrected chi connectivity index (χ2v) is 3.89. The van der Waals surface area contributed by atoms with Gasteiger partial charge in [0.1, 0.15) is 6.04 Å². The molecule has 0 unspecified atom stereocenters. The normalized spacial score (nSPS) is 11.1. The molecule has 0 saturated carbocycles. The van der Waals surface area contributed by atoms with Crippen LogP contribution in [0.25, 0.3) is 0 Å². The highest BCUT2D eigenvalue weighted by atomic mass is 16.5. The third kappa shape index (κ3) is 4.17. The van der Waals surface area contributed by atoms with E-state index in [1.165, 1.54) is 32.2 Å². The van der Waals surface area contributed by atoms with Gasteiger partial charge in [0.15, 0.2) is 18.1 Å². The molecule has 0 fully saturated rings. The van der Waals surface area contributed by atoms with Crippen LogP contribution in [-0.4, -0.2) is 36.7 Å². The van der Waals surface area contributed by atoms with Gasteiger partial charge in [-0.3, -0.25) is 9.59 Å². The lowest BCUT2D eigenvalue weighted by atomic mass is 10.2. The number of hydrogen-bond donors (Lipinski definition) is 2. The van der Waals surface area contributed by atoms with Crippen molar-refractivity contribution in [2.45, 2.75) is 13.0 Å². The minimum atomic E-state index is -1.13. The van der Waals surface area contributed by atoms with E-state index in [4.69, 9.17) is 19.8 Å². The molecule has 106 valence electrons. The van der Waals surface area contributed by atoms with Crippen molar-refractivity contribution < 1.29 is 24.2 Å². The van der Waals surface area contributed by atoms with Crippen LogP contribution >= 0.6 is 0 Å². The van der Waals surface area contributed by atoms with Crippen molar-refractivity contribution in [3.05, 3.63) is 23.8 Å². The molecule has 1 amide bonds. The summed E-state index contributed by atoms with van der Waals surface area (Å²) in [5.41, 5.74) is 0.401. The van der Waals surface area contributed by atoms with Gasteiger partial charge in [0.25, 0.3) is 5.91 Å². The molecule has 0 bridgehead atoms. The minimum Gasteiger partial charge on any atom is -0.493 e. The predicted octanol–water partition coefficient (Wildman–Crippen LogP) is 0.535. The summed E-state index contributed by atoms with van der Waals surface area (Å²) in [5, 5.41) is 19.7. The molecule has 7 nitrogen and oxygen atoms in total. The molecule has 0 heterocycles. The van der Waals surface area contributed by atoms with E-state index < -0.39 is 17.9 Å². The number of methoxy groups -OCH3 is 1. The van der Waals surface area contributed by atoms with E-state index in [0.29, 0.717) is 17.1 Å². The number of carboxylic acids is 1. The zero-order valence-corrected chi connectivity index (χ0v) is 11.0. The summed E-state index contributed by atoms with van der Waals surface area (Å²) < 4.78 is 10.3. The first-order valence-electron chi connectivity index (χ1n) is 5.71. The van der Waals surface area contributed by atoms with E-state index in [-0.39, 0.29) is 6.61 Å². The monoisotopic (exact) mass is 278 g/mol. The van der Waals surface area contributed by atoms with E-state index in [0.717, 1.165) is 0 Å². The van der Waals surface area contributed by atoms with Gasteiger partial charge in [-0.1, -0.05) is 0 Å². The number of nitriles is 1. The van der Waals surface area contributed by atoms with Crippen LogP contribution in [0, 0.1) is 11.3 Å². The largest absolute Gasteiger partial charge is 0.493 e. The first kappa shape index (κ1) is 15.3. The number of benzene rings is 1. The van der Waals surface area contributed by atoms with Crippen molar-refractivity contribution in [1.29, 1.82) is 5.26 Å². The summed E-state index contributed by atoms with van der Waals surface area (Å²) in [6, 6.07) is 5.47. The first-order valence-corrected chi connectivity index (χ1v) is 5.71. The average Bonchev–Trinajstić information content (AvgIpc) is 2.44. The Labute approximate surface area is 115 Å². The van der Waals surface area contributed by atoms with E-state index in [1.54, 1.807) is 0 Å². The Morgan fingerprint density at radius 3 is 2.70 bits per heavy atom. The van der Waals surface area contributed by atoms with Crippen molar-refractivity contribution in [3.63, 3.8) is 0 Å². The Bertz CT molecular complexity index is 550. The van der Waals surface area contributed by atoms with Crippen LogP contribution in [0.2, 0.25) is 0 Å². The Kier molecular flexibility index (Phi) is 5.35. The second-order valence-electron chi connectivity index (χ2n) is 3.89. The van der Waals surface area contributed by atoms with Gasteiger partial charge in [0.2, 0.25) is 0 Å². The van der Waals surface area contributed by atoms with Crippen molar-refractivity contribution in [2.75, 3.05) is 13.7 Å². The lowest BCUT2D eigenvalue weighted by molar-refractivity contribution is -0.141. The molecule has 0 spiro atoms. The van der Waals surface area contributed by atoms with E-state index in [2.05, 4.69) is 5.32 Å². The van der Waals surface area contributed by atoms with Gasteiger partial charge in [0, 0.05) is 6.07 Å². The maximum absolute atomic E-state index is 11.5. The quantitative estimate of drug-likeness (QED) is 0.786. The molecule has 0 aliphatic rings. The molecule has 0 aliphatic carbocycles. The summed E-state index contributed by atoms with van der Waals surface area (Å²) in [7, 11) is 1.41. The second kappa shape index (κ2) is 6.99. The van der Waals surface area contributed by atoms with Crippen LogP contribution in [-0.2, 0) is 9.59 Å². The van der Waals surface area contributed by atoms with Crippen LogP contribution in [0.5, 0.6) is 11.5 Å². The van der Waals surface area contributed by atoms with E-state index >= 15 is 0 Å². The van der Waals surface area contributed by atoms with Crippen molar-refractivity contribution in [2.24, 2.45) is 0 Å². The zero-order chi connectivity index (χ0) is 15.1. The Morgan fingerprint density at radius 1 is 1.45 bits per heavy atom. The third-order valence-electron chi connectivity index (χ3n) is 2.40. The number of amides is 1. The number of rotatable bonds is 6. The van der Waals surface area contributed by atoms with Gasteiger partial charge in [-0.25, -0.2) is 0 Å². The summed E-state index contributed by atoms with van der Waals surface area (Å²) in [6.45, 7) is 1.00. The fraction of sp³-hybridized carbons (Fsp3) is 0.308. The predicted molar refractivity (Wildman–Crippen MR) is 68.4 cm³/mol. The number of carbonyl (C=O) groups is 2. The molecule has 1 atom stereocenters. The standard InChI is InChI=1S/C13H14N2O5/c1-8(13(17)18)15-12(16)7-20-10-4-3-9(6-14)5-11(10)19-2/h3-5,8H,7H2,1-2H3,(H,15,16)(H,17,18)/t8-/m0/s1. The maximum Gasteiger partial charge on any atom is 0.325 e. The lowest BCUT2D eigenvalue weighted by Crippen LogP contribution is -2.40. The highest BCUT2D eigenvalue weighted by Crippen LogP contribution is 2.27. The molecular formula is C13H14N2O5. The fourth-order valence-corrected chi connectivity index (χ4v) is 1.34. The van der Waals surface area contributed by atoms with Crippen LogP contribution in [0.15, 0.2) is 18.2 Å². The number of carbonyl (C=O) groups excluding carboxylic acids is 1. The first-order chi connectivity index (χ1) is 9.47. The van der Waals surface area contributed by atoms with Gasteiger partial charge in [0.05, 0.1) is 18.7 Å². The van der Waals surface area contributed by atoms with Gasteiger partial charge < -0.3 is 19.9 Å². The van der Waals surface area contributed by atoms with Crippen LogP contribution in [0.1, 0.15) is 12.5 Å². The third-order valence-corrected chi connectivity index (χ3v) is 2.40. The number of carboxylic acid groups (broad SMARTS) is 1.